The van der Waals surface area contributed by atoms with Crippen molar-refractivity contribution < 1.29 is 4.79 Å². The summed E-state index contributed by atoms with van der Waals surface area (Å²) < 4.78 is 0. The van der Waals surface area contributed by atoms with E-state index in [-0.39, 0.29) is 11.3 Å². The van der Waals surface area contributed by atoms with Gasteiger partial charge < -0.3 is 11.1 Å². The zero-order chi connectivity index (χ0) is 13.9. The Morgan fingerprint density at radius 3 is 2.56 bits per heavy atom. The minimum absolute atomic E-state index is 0.116. The molecule has 0 fully saturated rings. The van der Waals surface area contributed by atoms with E-state index in [9.17, 15) is 4.79 Å². The fourth-order valence-corrected chi connectivity index (χ4v) is 1.46. The van der Waals surface area contributed by atoms with Crippen LogP contribution in [0.15, 0.2) is 18.2 Å². The van der Waals surface area contributed by atoms with Crippen LogP contribution < -0.4 is 11.1 Å². The molecular formula is C14H21ClN2O. The number of hydrogen-bond donors (Lipinski definition) is 2. The van der Waals surface area contributed by atoms with Crippen LogP contribution in [-0.2, 0) is 0 Å². The first-order valence-electron chi connectivity index (χ1n) is 6.05. The van der Waals surface area contributed by atoms with Gasteiger partial charge in [-0.15, -0.1) is 0 Å². The molecular weight excluding hydrogens is 248 g/mol. The van der Waals surface area contributed by atoms with Crippen LogP contribution in [0.1, 0.15) is 38.1 Å². The second kappa shape index (κ2) is 5.61. The molecule has 0 radical (unpaired) electrons. The molecule has 1 aromatic carbocycles. The van der Waals surface area contributed by atoms with Crippen molar-refractivity contribution in [1.29, 1.82) is 0 Å². The maximum atomic E-state index is 11.9. The number of carbonyl (C=O) groups excluding carboxylic acids is 1. The van der Waals surface area contributed by atoms with Gasteiger partial charge in [0.2, 0.25) is 0 Å². The summed E-state index contributed by atoms with van der Waals surface area (Å²) in [6.45, 7) is 9.24. The number of benzene rings is 1. The van der Waals surface area contributed by atoms with E-state index in [4.69, 9.17) is 17.3 Å². The third-order valence-electron chi connectivity index (χ3n) is 3.31. The standard InChI is InChI=1S/C14H21ClN2O/c1-9(14(2,3)4)8-17-13(18)10-5-6-11(15)12(16)7-10/h5-7,9H,8,16H2,1-4H3,(H,17,18). The van der Waals surface area contributed by atoms with Crippen molar-refractivity contribution in [2.75, 3.05) is 12.3 Å². The zero-order valence-electron chi connectivity index (χ0n) is 11.4. The first kappa shape index (κ1) is 14.8. The van der Waals surface area contributed by atoms with Gasteiger partial charge in [-0.2, -0.15) is 0 Å². The summed E-state index contributed by atoms with van der Waals surface area (Å²) >= 11 is 5.82. The summed E-state index contributed by atoms with van der Waals surface area (Å²) in [6, 6.07) is 4.91. The highest BCUT2D eigenvalue weighted by Gasteiger charge is 2.20. The number of nitrogen functional groups attached to an aromatic ring is 1. The van der Waals surface area contributed by atoms with Crippen molar-refractivity contribution in [1.82, 2.24) is 5.32 Å². The van der Waals surface area contributed by atoms with Gasteiger partial charge in [0, 0.05) is 12.1 Å². The van der Waals surface area contributed by atoms with Gasteiger partial charge in [-0.25, -0.2) is 0 Å². The van der Waals surface area contributed by atoms with Gasteiger partial charge in [0.05, 0.1) is 10.7 Å². The fraction of sp³-hybridized carbons (Fsp3) is 0.500. The van der Waals surface area contributed by atoms with Crippen LogP contribution in [0.3, 0.4) is 0 Å². The number of halogens is 1. The third-order valence-corrected chi connectivity index (χ3v) is 3.65. The van der Waals surface area contributed by atoms with E-state index < -0.39 is 0 Å². The lowest BCUT2D eigenvalue weighted by Crippen LogP contribution is -2.33. The van der Waals surface area contributed by atoms with Gasteiger partial charge in [-0.3, -0.25) is 4.79 Å². The Hall–Kier alpha value is -1.22. The van der Waals surface area contributed by atoms with Gasteiger partial charge in [-0.05, 0) is 29.5 Å². The number of hydrogen-bond acceptors (Lipinski definition) is 2. The molecule has 0 saturated carbocycles. The summed E-state index contributed by atoms with van der Waals surface area (Å²) in [4.78, 5) is 11.9. The zero-order valence-corrected chi connectivity index (χ0v) is 12.1. The molecule has 3 nitrogen and oxygen atoms in total. The smallest absolute Gasteiger partial charge is 0.251 e. The molecule has 1 aromatic rings. The molecule has 0 heterocycles. The average molecular weight is 269 g/mol. The number of nitrogens with two attached hydrogens (primary N) is 1. The highest BCUT2D eigenvalue weighted by Crippen LogP contribution is 2.24. The number of nitrogens with one attached hydrogen (secondary N) is 1. The van der Waals surface area contributed by atoms with Gasteiger partial charge in [0.15, 0.2) is 0 Å². The molecule has 0 spiro atoms. The molecule has 1 unspecified atom stereocenters. The van der Waals surface area contributed by atoms with Crippen molar-refractivity contribution in [3.05, 3.63) is 28.8 Å². The predicted molar refractivity (Wildman–Crippen MR) is 76.8 cm³/mol. The molecule has 0 bridgehead atoms. The maximum absolute atomic E-state index is 11.9. The normalized spacial score (nSPS) is 13.2. The minimum atomic E-state index is -0.116. The molecule has 0 aliphatic rings. The largest absolute Gasteiger partial charge is 0.398 e. The van der Waals surface area contributed by atoms with Crippen LogP contribution in [0.4, 0.5) is 5.69 Å². The van der Waals surface area contributed by atoms with E-state index in [1.807, 2.05) is 0 Å². The Bertz CT molecular complexity index is 438. The Balaban J connectivity index is 2.63. The van der Waals surface area contributed by atoms with Crippen LogP contribution in [0.2, 0.25) is 5.02 Å². The third kappa shape index (κ3) is 3.91. The molecule has 1 atom stereocenters. The first-order valence-corrected chi connectivity index (χ1v) is 6.43. The van der Waals surface area contributed by atoms with E-state index in [0.717, 1.165) is 0 Å². The number of carbonyl (C=O) groups is 1. The maximum Gasteiger partial charge on any atom is 0.251 e. The number of amides is 1. The van der Waals surface area contributed by atoms with Crippen molar-refractivity contribution >= 4 is 23.2 Å². The van der Waals surface area contributed by atoms with Crippen LogP contribution in [0, 0.1) is 11.3 Å². The lowest BCUT2D eigenvalue weighted by molar-refractivity contribution is 0.0937. The highest BCUT2D eigenvalue weighted by atomic mass is 35.5. The van der Waals surface area contributed by atoms with E-state index >= 15 is 0 Å². The summed E-state index contributed by atoms with van der Waals surface area (Å²) in [5, 5.41) is 3.38. The molecule has 3 N–H and O–H groups in total. The van der Waals surface area contributed by atoms with E-state index in [1.165, 1.54) is 0 Å². The van der Waals surface area contributed by atoms with E-state index in [0.29, 0.717) is 28.7 Å². The van der Waals surface area contributed by atoms with Crippen LogP contribution in [0.25, 0.3) is 0 Å². The molecule has 0 aromatic heterocycles. The molecule has 0 aliphatic heterocycles. The summed E-state index contributed by atoms with van der Waals surface area (Å²) in [7, 11) is 0. The van der Waals surface area contributed by atoms with Gasteiger partial charge in [0.1, 0.15) is 0 Å². The van der Waals surface area contributed by atoms with E-state index in [2.05, 4.69) is 33.0 Å². The Labute approximate surface area is 114 Å². The summed E-state index contributed by atoms with van der Waals surface area (Å²) in [5.74, 6) is 0.278. The van der Waals surface area contributed by atoms with Crippen molar-refractivity contribution in [3.63, 3.8) is 0 Å². The lowest BCUT2D eigenvalue weighted by atomic mass is 9.82. The first-order chi connectivity index (χ1) is 8.21. The predicted octanol–water partition coefficient (Wildman–Crippen LogP) is 3.33. The summed E-state index contributed by atoms with van der Waals surface area (Å²) in [6.07, 6.45) is 0. The second-order valence-electron chi connectivity index (χ2n) is 5.71. The minimum Gasteiger partial charge on any atom is -0.398 e. The Morgan fingerprint density at radius 2 is 2.06 bits per heavy atom. The second-order valence-corrected chi connectivity index (χ2v) is 6.12. The van der Waals surface area contributed by atoms with Crippen LogP contribution >= 0.6 is 11.6 Å². The van der Waals surface area contributed by atoms with Crippen molar-refractivity contribution in [3.8, 4) is 0 Å². The molecule has 1 amide bonds. The number of anilines is 1. The topological polar surface area (TPSA) is 55.1 Å². The lowest BCUT2D eigenvalue weighted by Gasteiger charge is -2.27. The Kier molecular flexibility index (Phi) is 4.63. The van der Waals surface area contributed by atoms with Crippen molar-refractivity contribution in [2.24, 2.45) is 11.3 Å². The highest BCUT2D eigenvalue weighted by molar-refractivity contribution is 6.33. The van der Waals surface area contributed by atoms with Crippen LogP contribution in [0.5, 0.6) is 0 Å². The molecule has 18 heavy (non-hydrogen) atoms. The monoisotopic (exact) mass is 268 g/mol. The molecule has 4 heteroatoms. The summed E-state index contributed by atoms with van der Waals surface area (Å²) in [5.41, 5.74) is 6.81. The average Bonchev–Trinajstić information content (AvgIpc) is 2.27. The van der Waals surface area contributed by atoms with Crippen LogP contribution in [-0.4, -0.2) is 12.5 Å². The molecule has 100 valence electrons. The van der Waals surface area contributed by atoms with Crippen molar-refractivity contribution in [2.45, 2.75) is 27.7 Å². The molecule has 0 aliphatic carbocycles. The molecule has 0 saturated heterocycles. The Morgan fingerprint density at radius 1 is 1.44 bits per heavy atom. The van der Waals surface area contributed by atoms with Gasteiger partial charge >= 0.3 is 0 Å². The SMILES string of the molecule is CC(CNC(=O)c1ccc(Cl)c(N)c1)C(C)(C)C. The van der Waals surface area contributed by atoms with E-state index in [1.54, 1.807) is 18.2 Å². The fourth-order valence-electron chi connectivity index (χ4n) is 1.34. The van der Waals surface area contributed by atoms with Gasteiger partial charge in [0.25, 0.3) is 5.91 Å². The quantitative estimate of drug-likeness (QED) is 0.826. The van der Waals surface area contributed by atoms with Gasteiger partial charge in [-0.1, -0.05) is 39.3 Å². The number of rotatable bonds is 3. The molecule has 1 rings (SSSR count).